The fourth-order valence-electron chi connectivity index (χ4n) is 1.58. The molecule has 17 heavy (non-hydrogen) atoms. The van der Waals surface area contributed by atoms with E-state index in [2.05, 4.69) is 54.6 Å². The summed E-state index contributed by atoms with van der Waals surface area (Å²) in [6.45, 7) is 16.9. The fourth-order valence-corrected chi connectivity index (χ4v) is 4.74. The van der Waals surface area contributed by atoms with Crippen LogP contribution in [0, 0.1) is 0 Å². The molecule has 0 N–H and O–H groups in total. The minimum Gasteiger partial charge on any atom is -1.00 e. The predicted octanol–water partition coefficient (Wildman–Crippen LogP) is -5.31. The van der Waals surface area contributed by atoms with E-state index in [1.54, 1.807) is 0 Å². The Morgan fingerprint density at radius 3 is 1.29 bits per heavy atom. The summed E-state index contributed by atoms with van der Waals surface area (Å²) in [6, 6.07) is 0. The zero-order valence-corrected chi connectivity index (χ0v) is 17.7. The standard InChI is InChI=1S/C10H24NOSi.3ClH.Zr/c1-9(2,3)11-13(7,8)12-10(4,5)6;;;;/h1-8H3;3*1H;/q-1;;;;+4/p-3. The molecule has 0 amide bonds. The van der Waals surface area contributed by atoms with Crippen LogP contribution in [0.1, 0.15) is 41.5 Å². The van der Waals surface area contributed by atoms with Crippen molar-refractivity contribution in [3.63, 3.8) is 0 Å². The van der Waals surface area contributed by atoms with E-state index < -0.39 is 8.48 Å². The van der Waals surface area contributed by atoms with Gasteiger partial charge in [-0.05, 0) is 20.8 Å². The molecule has 0 unspecified atom stereocenters. The van der Waals surface area contributed by atoms with Crippen LogP contribution in [0.3, 0.4) is 0 Å². The predicted molar refractivity (Wildman–Crippen MR) is 61.4 cm³/mol. The third-order valence-corrected chi connectivity index (χ3v) is 3.48. The number of halogens is 3. The topological polar surface area (TPSA) is 23.3 Å². The van der Waals surface area contributed by atoms with E-state index >= 15 is 0 Å². The van der Waals surface area contributed by atoms with Gasteiger partial charge in [0.05, 0.1) is 8.48 Å². The summed E-state index contributed by atoms with van der Waals surface area (Å²) in [5.41, 5.74) is -0.0640. The normalized spacial score (nSPS) is 11.3. The van der Waals surface area contributed by atoms with Gasteiger partial charge in [-0.25, -0.2) is 0 Å². The van der Waals surface area contributed by atoms with Gasteiger partial charge in [-0.15, -0.1) is 5.54 Å². The van der Waals surface area contributed by atoms with Crippen LogP contribution in [0.2, 0.25) is 13.1 Å². The molecule has 0 aliphatic carbocycles. The maximum Gasteiger partial charge on any atom is 4.00 e. The summed E-state index contributed by atoms with van der Waals surface area (Å²) in [7, 11) is -1.85. The van der Waals surface area contributed by atoms with Crippen LogP contribution in [-0.4, -0.2) is 19.6 Å². The van der Waals surface area contributed by atoms with Gasteiger partial charge in [0.1, 0.15) is 0 Å². The smallest absolute Gasteiger partial charge is 1.00 e. The molecule has 0 saturated carbocycles. The van der Waals surface area contributed by atoms with Gasteiger partial charge in [-0.3, -0.25) is 0 Å². The molecule has 0 aliphatic rings. The Labute approximate surface area is 146 Å². The van der Waals surface area contributed by atoms with Gasteiger partial charge in [0, 0.05) is 5.60 Å². The molecular weight excluding hydrogens is 376 g/mol. The molecule has 0 radical (unpaired) electrons. The van der Waals surface area contributed by atoms with Crippen LogP contribution >= 0.6 is 0 Å². The Morgan fingerprint density at radius 1 is 0.824 bits per heavy atom. The zero-order valence-electron chi connectivity index (χ0n) is 12.0. The summed E-state index contributed by atoms with van der Waals surface area (Å²) in [6.07, 6.45) is 0. The monoisotopic (exact) mass is 397 g/mol. The fraction of sp³-hybridized carbons (Fsp3) is 1.00. The summed E-state index contributed by atoms with van der Waals surface area (Å²) in [5.74, 6) is 0. The maximum atomic E-state index is 5.97. The minimum absolute atomic E-state index is 0. The summed E-state index contributed by atoms with van der Waals surface area (Å²) in [4.78, 5) is 4.74. The van der Waals surface area contributed by atoms with Gasteiger partial charge in [-0.2, -0.15) is 0 Å². The third-order valence-electron chi connectivity index (χ3n) is 1.16. The van der Waals surface area contributed by atoms with Gasteiger partial charge in [0.15, 0.2) is 0 Å². The maximum absolute atomic E-state index is 5.97. The van der Waals surface area contributed by atoms with Gasteiger partial charge in [0.25, 0.3) is 0 Å². The molecule has 0 aromatic rings. The molecule has 0 aromatic carbocycles. The SMILES string of the molecule is CC(C)(C)[N-][Si](C)(C)OC(C)(C)C.[Cl-].[Cl-].[Cl-].[Zr+4]. The molecule has 0 bridgehead atoms. The van der Waals surface area contributed by atoms with E-state index in [1.807, 2.05) is 0 Å². The van der Waals surface area contributed by atoms with Crippen molar-refractivity contribution in [1.29, 1.82) is 0 Å². The first-order chi connectivity index (χ1) is 5.41. The van der Waals surface area contributed by atoms with Gasteiger partial charge < -0.3 is 46.6 Å². The van der Waals surface area contributed by atoms with Crippen molar-refractivity contribution in [2.45, 2.75) is 65.8 Å². The van der Waals surface area contributed by atoms with Crippen LogP contribution in [0.4, 0.5) is 0 Å². The Morgan fingerprint density at radius 2 is 1.12 bits per heavy atom. The van der Waals surface area contributed by atoms with E-state index in [4.69, 9.17) is 9.41 Å². The van der Waals surface area contributed by atoms with Crippen molar-refractivity contribution >= 4 is 8.48 Å². The van der Waals surface area contributed by atoms with Crippen molar-refractivity contribution in [3.8, 4) is 0 Å². The Kier molecular flexibility index (Phi) is 19.6. The quantitative estimate of drug-likeness (QED) is 0.425. The van der Waals surface area contributed by atoms with E-state index in [9.17, 15) is 0 Å². The van der Waals surface area contributed by atoms with Crippen molar-refractivity contribution in [1.82, 2.24) is 0 Å². The second kappa shape index (κ2) is 10.7. The first-order valence-corrected chi connectivity index (χ1v) is 7.71. The minimum atomic E-state index is -1.85. The molecule has 0 fully saturated rings. The molecule has 0 heterocycles. The molecular formula is C10H24Cl3NOSiZr. The van der Waals surface area contributed by atoms with Gasteiger partial charge in [-0.1, -0.05) is 33.9 Å². The second-order valence-corrected chi connectivity index (χ2v) is 9.27. The van der Waals surface area contributed by atoms with E-state index in [1.165, 1.54) is 0 Å². The molecule has 0 aliphatic heterocycles. The molecule has 2 nitrogen and oxygen atoms in total. The van der Waals surface area contributed by atoms with Crippen molar-refractivity contribution in [2.75, 3.05) is 0 Å². The average molecular weight is 400 g/mol. The first kappa shape index (κ1) is 31.3. The van der Waals surface area contributed by atoms with Crippen molar-refractivity contribution in [2.24, 2.45) is 0 Å². The molecule has 0 aromatic heterocycles. The Hall–Kier alpha value is 1.89. The zero-order chi connectivity index (χ0) is 10.9. The van der Waals surface area contributed by atoms with Crippen LogP contribution in [0.15, 0.2) is 0 Å². The van der Waals surface area contributed by atoms with Crippen molar-refractivity contribution < 1.29 is 67.9 Å². The summed E-state index contributed by atoms with van der Waals surface area (Å²) >= 11 is 0. The second-order valence-electron chi connectivity index (χ2n) is 5.94. The molecule has 7 heteroatoms. The molecule has 104 valence electrons. The van der Waals surface area contributed by atoms with E-state index in [0.717, 1.165) is 0 Å². The molecule has 0 atom stereocenters. The van der Waals surface area contributed by atoms with Crippen molar-refractivity contribution in [3.05, 3.63) is 4.98 Å². The first-order valence-electron chi connectivity index (χ1n) is 4.86. The van der Waals surface area contributed by atoms with Crippen LogP contribution in [0.5, 0.6) is 0 Å². The number of hydrogen-bond acceptors (Lipinski definition) is 1. The van der Waals surface area contributed by atoms with Crippen LogP contribution < -0.4 is 37.2 Å². The van der Waals surface area contributed by atoms with Gasteiger partial charge in [0.2, 0.25) is 0 Å². The summed E-state index contributed by atoms with van der Waals surface area (Å²) < 4.78 is 5.97. The Bertz CT molecular complexity index is 163. The van der Waals surface area contributed by atoms with Gasteiger partial charge >= 0.3 is 26.2 Å². The van der Waals surface area contributed by atoms with Crippen LogP contribution in [0.25, 0.3) is 4.98 Å². The van der Waals surface area contributed by atoms with E-state index in [0.29, 0.717) is 0 Å². The Balaban J connectivity index is -0.000000120. The third kappa shape index (κ3) is 23.4. The average Bonchev–Trinajstić information content (AvgIpc) is 1.43. The van der Waals surface area contributed by atoms with E-state index in [-0.39, 0.29) is 74.6 Å². The molecule has 0 spiro atoms. The largest absolute Gasteiger partial charge is 4.00 e. The number of rotatable bonds is 2. The molecule has 0 saturated heterocycles. The number of hydrogen-bond donors (Lipinski definition) is 0. The number of nitrogens with zero attached hydrogens (tertiary/aromatic N) is 1. The summed E-state index contributed by atoms with van der Waals surface area (Å²) in [5, 5.41) is 0. The van der Waals surface area contributed by atoms with Crippen LogP contribution in [-0.2, 0) is 30.6 Å². The molecule has 0 rings (SSSR count).